The Kier molecular flexibility index (Phi) is 6.61. The van der Waals surface area contributed by atoms with Crippen molar-refractivity contribution >= 4 is 32.5 Å². The molecule has 4 aromatic rings. The van der Waals surface area contributed by atoms with Gasteiger partial charge in [-0.2, -0.15) is 21.6 Å². The minimum absolute atomic E-state index is 0.233. The second-order valence-electron chi connectivity index (χ2n) is 7.38. The van der Waals surface area contributed by atoms with Crippen LogP contribution in [0.2, 0.25) is 0 Å². The van der Waals surface area contributed by atoms with Gasteiger partial charge >= 0.3 is 15.5 Å². The van der Waals surface area contributed by atoms with Crippen LogP contribution in [0.4, 0.5) is 18.9 Å². The zero-order chi connectivity index (χ0) is 25.9. The number of aromatic nitrogens is 2. The van der Waals surface area contributed by atoms with E-state index in [2.05, 4.69) is 27.2 Å². The Hall–Kier alpha value is -4.47. The molecule has 0 bridgehead atoms. The van der Waals surface area contributed by atoms with Gasteiger partial charge in [-0.15, -0.1) is 0 Å². The normalized spacial score (nSPS) is 11.4. The Bertz CT molecular complexity index is 1610. The van der Waals surface area contributed by atoms with Gasteiger partial charge in [0.25, 0.3) is 5.91 Å². The number of carbonyl (C=O) groups excluding carboxylic acids is 1. The molecule has 0 fully saturated rings. The largest absolute Gasteiger partial charge is 0.516 e. The molecular formula is C24H16F3N5O3S. The van der Waals surface area contributed by atoms with Gasteiger partial charge < -0.3 is 0 Å². The second-order valence-corrected chi connectivity index (χ2v) is 9.05. The van der Waals surface area contributed by atoms with Crippen LogP contribution in [0, 0.1) is 11.8 Å². The fraction of sp³-hybridized carbons (Fsp3) is 0.0417. The lowest BCUT2D eigenvalue weighted by molar-refractivity contribution is -0.0429. The van der Waals surface area contributed by atoms with Crippen molar-refractivity contribution < 1.29 is 26.4 Å². The van der Waals surface area contributed by atoms with Crippen LogP contribution in [0.5, 0.6) is 0 Å². The van der Waals surface area contributed by atoms with Crippen molar-refractivity contribution in [3.05, 3.63) is 89.7 Å². The van der Waals surface area contributed by atoms with Crippen molar-refractivity contribution in [2.24, 2.45) is 5.84 Å². The van der Waals surface area contributed by atoms with E-state index in [0.717, 1.165) is 5.56 Å². The molecule has 0 aliphatic heterocycles. The van der Waals surface area contributed by atoms with Gasteiger partial charge in [0.2, 0.25) is 0 Å². The number of nitrogens with one attached hydrogen (secondary N) is 2. The first kappa shape index (κ1) is 24.6. The molecule has 2 aromatic heterocycles. The van der Waals surface area contributed by atoms with Crippen LogP contribution in [0.15, 0.2) is 73.1 Å². The summed E-state index contributed by atoms with van der Waals surface area (Å²) < 4.78 is 61.3. The van der Waals surface area contributed by atoms with Crippen molar-refractivity contribution in [3.8, 4) is 23.1 Å². The molecule has 0 spiro atoms. The fourth-order valence-corrected chi connectivity index (χ4v) is 3.75. The molecule has 0 radical (unpaired) electrons. The molecule has 0 aliphatic carbocycles. The number of nitrogen functional groups attached to an aromatic ring is 1. The van der Waals surface area contributed by atoms with Crippen molar-refractivity contribution in [2.75, 3.05) is 4.72 Å². The van der Waals surface area contributed by atoms with Crippen molar-refractivity contribution in [1.82, 2.24) is 15.4 Å². The van der Waals surface area contributed by atoms with Crippen LogP contribution in [0.25, 0.3) is 22.2 Å². The van der Waals surface area contributed by atoms with E-state index >= 15 is 0 Å². The van der Waals surface area contributed by atoms with E-state index in [-0.39, 0.29) is 5.69 Å². The number of hydrazine groups is 1. The van der Waals surface area contributed by atoms with Gasteiger partial charge in [0, 0.05) is 40.2 Å². The molecule has 12 heteroatoms. The van der Waals surface area contributed by atoms with E-state index in [1.807, 2.05) is 0 Å². The summed E-state index contributed by atoms with van der Waals surface area (Å²) in [5.41, 5.74) is -0.232. The molecular weight excluding hydrogens is 495 g/mol. The van der Waals surface area contributed by atoms with Crippen LogP contribution in [0.3, 0.4) is 0 Å². The monoisotopic (exact) mass is 511 g/mol. The zero-order valence-corrected chi connectivity index (χ0v) is 19.0. The molecule has 4 rings (SSSR count). The van der Waals surface area contributed by atoms with Crippen LogP contribution in [-0.4, -0.2) is 29.8 Å². The number of benzene rings is 2. The molecule has 2 heterocycles. The number of halogens is 3. The summed E-state index contributed by atoms with van der Waals surface area (Å²) in [5, 5.41) is 0.559. The van der Waals surface area contributed by atoms with E-state index in [4.69, 9.17) is 5.84 Å². The lowest BCUT2D eigenvalue weighted by atomic mass is 10.0. The smallest absolute Gasteiger partial charge is 0.290 e. The number of carbonyl (C=O) groups is 1. The van der Waals surface area contributed by atoms with Gasteiger partial charge in [-0.05, 0) is 48.5 Å². The fourth-order valence-electron chi connectivity index (χ4n) is 3.19. The molecule has 8 nitrogen and oxygen atoms in total. The molecule has 0 unspecified atom stereocenters. The zero-order valence-electron chi connectivity index (χ0n) is 18.2. The number of hydrogen-bond donors (Lipinski definition) is 3. The van der Waals surface area contributed by atoms with Gasteiger partial charge in [0.05, 0.1) is 16.8 Å². The third kappa shape index (κ3) is 5.27. The summed E-state index contributed by atoms with van der Waals surface area (Å²) in [6, 6.07) is 15.5. The first-order valence-electron chi connectivity index (χ1n) is 10.1. The number of hydrogen-bond acceptors (Lipinski definition) is 6. The number of anilines is 1. The summed E-state index contributed by atoms with van der Waals surface area (Å²) >= 11 is 0. The van der Waals surface area contributed by atoms with Gasteiger partial charge in [-0.1, -0.05) is 24.0 Å². The topological polar surface area (TPSA) is 127 Å². The lowest BCUT2D eigenvalue weighted by Gasteiger charge is -2.10. The highest BCUT2D eigenvalue weighted by molar-refractivity contribution is 7.93. The van der Waals surface area contributed by atoms with E-state index in [1.165, 1.54) is 35.2 Å². The van der Waals surface area contributed by atoms with Crippen molar-refractivity contribution in [2.45, 2.75) is 5.51 Å². The molecule has 182 valence electrons. The molecule has 36 heavy (non-hydrogen) atoms. The van der Waals surface area contributed by atoms with E-state index in [9.17, 15) is 26.4 Å². The maximum Gasteiger partial charge on any atom is 0.516 e. The number of alkyl halides is 3. The number of sulfonamides is 1. The highest BCUT2D eigenvalue weighted by Crippen LogP contribution is 2.26. The maximum atomic E-state index is 12.5. The summed E-state index contributed by atoms with van der Waals surface area (Å²) in [4.78, 5) is 20.8. The summed E-state index contributed by atoms with van der Waals surface area (Å²) in [6.45, 7) is 0. The molecule has 0 atom stereocenters. The first-order chi connectivity index (χ1) is 17.1. The standard InChI is InChI=1S/C24H16F3N5O3S/c25-24(26,27)36(34,35)32-18-9-5-16(6-10-18)2-1-15-3-7-17(8-4-15)22-13-19(23(33)31-28)20-14-29-12-11-21(20)30-22/h3-14,32H,28H2,(H,31,33). The average Bonchev–Trinajstić information content (AvgIpc) is 2.86. The summed E-state index contributed by atoms with van der Waals surface area (Å²) in [6.07, 6.45) is 3.10. The van der Waals surface area contributed by atoms with Crippen LogP contribution in [0.1, 0.15) is 21.5 Å². The quantitative estimate of drug-likeness (QED) is 0.166. The highest BCUT2D eigenvalue weighted by atomic mass is 32.2. The number of fused-ring (bicyclic) bond motifs is 1. The Morgan fingerprint density at radius 1 is 0.944 bits per heavy atom. The minimum Gasteiger partial charge on any atom is -0.290 e. The number of nitrogens with zero attached hydrogens (tertiary/aromatic N) is 2. The Labute approximate surface area is 203 Å². The van der Waals surface area contributed by atoms with Crippen molar-refractivity contribution in [1.29, 1.82) is 0 Å². The third-order valence-corrected chi connectivity index (χ3v) is 6.07. The Balaban J connectivity index is 1.54. The first-order valence-corrected chi connectivity index (χ1v) is 11.6. The molecule has 0 saturated heterocycles. The lowest BCUT2D eigenvalue weighted by Crippen LogP contribution is -2.30. The average molecular weight is 511 g/mol. The summed E-state index contributed by atoms with van der Waals surface area (Å²) in [5.74, 6) is 10.6. The number of pyridine rings is 2. The van der Waals surface area contributed by atoms with Crippen LogP contribution >= 0.6 is 0 Å². The Morgan fingerprint density at radius 2 is 1.56 bits per heavy atom. The molecule has 4 N–H and O–H groups in total. The van der Waals surface area contributed by atoms with Gasteiger partial charge in [-0.25, -0.2) is 10.8 Å². The molecule has 1 amide bonds. The summed E-state index contributed by atoms with van der Waals surface area (Å²) in [7, 11) is -5.49. The van der Waals surface area contributed by atoms with E-state index < -0.39 is 21.4 Å². The van der Waals surface area contributed by atoms with Gasteiger partial charge in [0.1, 0.15) is 0 Å². The number of rotatable bonds is 4. The predicted molar refractivity (Wildman–Crippen MR) is 128 cm³/mol. The maximum absolute atomic E-state index is 12.5. The third-order valence-electron chi connectivity index (χ3n) is 4.96. The van der Waals surface area contributed by atoms with Crippen LogP contribution < -0.4 is 16.0 Å². The van der Waals surface area contributed by atoms with Crippen molar-refractivity contribution in [3.63, 3.8) is 0 Å². The number of amides is 1. The minimum atomic E-state index is -5.49. The van der Waals surface area contributed by atoms with Crippen LogP contribution in [-0.2, 0) is 10.0 Å². The molecule has 0 saturated carbocycles. The van der Waals surface area contributed by atoms with Gasteiger partial charge in [0.15, 0.2) is 0 Å². The SMILES string of the molecule is NNC(=O)c1cc(-c2ccc(C#Cc3ccc(NS(=O)(=O)C(F)(F)F)cc3)cc2)nc2ccncc12. The predicted octanol–water partition coefficient (Wildman–Crippen LogP) is 3.56. The number of nitrogens with two attached hydrogens (primary N) is 1. The Morgan fingerprint density at radius 3 is 2.14 bits per heavy atom. The highest BCUT2D eigenvalue weighted by Gasteiger charge is 2.46. The molecule has 0 aliphatic rings. The van der Waals surface area contributed by atoms with Gasteiger partial charge in [-0.3, -0.25) is 19.9 Å². The van der Waals surface area contributed by atoms with E-state index in [1.54, 1.807) is 42.6 Å². The van der Waals surface area contributed by atoms with E-state index in [0.29, 0.717) is 33.3 Å². The second kappa shape index (κ2) is 9.65. The molecule has 2 aromatic carbocycles.